The van der Waals surface area contributed by atoms with Crippen LogP contribution in [0.25, 0.3) is 0 Å². The van der Waals surface area contributed by atoms with Crippen LogP contribution in [0.2, 0.25) is 0 Å². The maximum Gasteiger partial charge on any atom is 0.408 e. The zero-order valence-corrected chi connectivity index (χ0v) is 12.0. The van der Waals surface area contributed by atoms with E-state index in [1.54, 1.807) is 12.1 Å². The fourth-order valence-corrected chi connectivity index (χ4v) is 2.74. The van der Waals surface area contributed by atoms with E-state index in [0.29, 0.717) is 11.8 Å². The van der Waals surface area contributed by atoms with Crippen LogP contribution in [0.1, 0.15) is 18.0 Å². The van der Waals surface area contributed by atoms with Crippen molar-refractivity contribution in [1.82, 2.24) is 5.32 Å². The summed E-state index contributed by atoms with van der Waals surface area (Å²) in [6.07, 6.45) is -4.86. The number of aliphatic imine (C=N–C) groups is 1. The SMILES string of the molecule is O=C(O)CSC1=N[C@H](c2ccccc2O)C[C@@H](C(F)(F)F)N1. The Morgan fingerprint density at radius 3 is 2.68 bits per heavy atom. The van der Waals surface area contributed by atoms with Crippen LogP contribution >= 0.6 is 11.8 Å². The third-order valence-corrected chi connectivity index (χ3v) is 3.94. The van der Waals surface area contributed by atoms with E-state index in [9.17, 15) is 23.1 Å². The number of carboxylic acids is 1. The first kappa shape index (κ1) is 16.5. The first-order valence-corrected chi connectivity index (χ1v) is 7.29. The van der Waals surface area contributed by atoms with Gasteiger partial charge in [-0.05, 0) is 6.07 Å². The smallest absolute Gasteiger partial charge is 0.408 e. The van der Waals surface area contributed by atoms with Gasteiger partial charge in [0.1, 0.15) is 11.8 Å². The second-order valence-electron chi connectivity index (χ2n) is 4.67. The fraction of sp³-hybridized carbons (Fsp3) is 0.385. The number of hydrogen-bond donors (Lipinski definition) is 3. The molecule has 22 heavy (non-hydrogen) atoms. The highest BCUT2D eigenvalue weighted by Crippen LogP contribution is 2.37. The minimum absolute atomic E-state index is 0.0933. The summed E-state index contributed by atoms with van der Waals surface area (Å²) in [5, 5.41) is 20.5. The number of rotatable bonds is 3. The van der Waals surface area contributed by atoms with E-state index >= 15 is 0 Å². The van der Waals surface area contributed by atoms with Crippen LogP contribution in [0, 0.1) is 0 Å². The Kier molecular flexibility index (Phi) is 4.84. The highest BCUT2D eigenvalue weighted by Gasteiger charge is 2.44. The molecule has 3 N–H and O–H groups in total. The maximum atomic E-state index is 13.0. The van der Waals surface area contributed by atoms with E-state index < -0.39 is 30.0 Å². The molecule has 0 spiro atoms. The number of amidine groups is 1. The van der Waals surface area contributed by atoms with Crippen LogP contribution < -0.4 is 5.32 Å². The number of carbonyl (C=O) groups is 1. The highest BCUT2D eigenvalue weighted by atomic mass is 32.2. The molecule has 9 heteroatoms. The van der Waals surface area contributed by atoms with Gasteiger partial charge in [0.15, 0.2) is 5.17 Å². The summed E-state index contributed by atoms with van der Waals surface area (Å²) >= 11 is 0.687. The third-order valence-electron chi connectivity index (χ3n) is 3.05. The van der Waals surface area contributed by atoms with E-state index in [1.165, 1.54) is 12.1 Å². The predicted octanol–water partition coefficient (Wildman–Crippen LogP) is 2.53. The second-order valence-corrected chi connectivity index (χ2v) is 5.63. The Bertz CT molecular complexity index is 592. The predicted molar refractivity (Wildman–Crippen MR) is 76.0 cm³/mol. The first-order valence-electron chi connectivity index (χ1n) is 6.31. The van der Waals surface area contributed by atoms with Crippen LogP contribution in [-0.2, 0) is 4.79 Å². The van der Waals surface area contributed by atoms with E-state index in [0.717, 1.165) is 0 Å². The average molecular weight is 334 g/mol. The van der Waals surface area contributed by atoms with Crippen molar-refractivity contribution in [3.8, 4) is 5.75 Å². The van der Waals surface area contributed by atoms with Crippen LogP contribution in [0.4, 0.5) is 13.2 Å². The number of nitrogens with zero attached hydrogens (tertiary/aromatic N) is 1. The molecule has 0 aliphatic carbocycles. The van der Waals surface area contributed by atoms with E-state index in [4.69, 9.17) is 5.11 Å². The molecule has 0 amide bonds. The lowest BCUT2D eigenvalue weighted by atomic mass is 9.97. The summed E-state index contributed by atoms with van der Waals surface area (Å²) in [6.45, 7) is 0. The van der Waals surface area contributed by atoms with E-state index in [-0.39, 0.29) is 22.9 Å². The van der Waals surface area contributed by atoms with Crippen LogP contribution in [0.15, 0.2) is 29.3 Å². The van der Waals surface area contributed by atoms with Gasteiger partial charge in [-0.15, -0.1) is 0 Å². The van der Waals surface area contributed by atoms with Crippen molar-refractivity contribution in [1.29, 1.82) is 0 Å². The van der Waals surface area contributed by atoms with Gasteiger partial charge in [-0.2, -0.15) is 13.2 Å². The number of benzene rings is 1. The number of phenolic OH excluding ortho intramolecular Hbond substituents is 1. The van der Waals surface area contributed by atoms with Gasteiger partial charge < -0.3 is 15.5 Å². The molecule has 5 nitrogen and oxygen atoms in total. The Morgan fingerprint density at radius 1 is 1.41 bits per heavy atom. The number of aliphatic carboxylic acids is 1. The number of alkyl halides is 3. The molecule has 2 rings (SSSR count). The largest absolute Gasteiger partial charge is 0.508 e. The highest BCUT2D eigenvalue weighted by molar-refractivity contribution is 8.14. The molecule has 0 radical (unpaired) electrons. The van der Waals surface area contributed by atoms with Crippen molar-refractivity contribution in [2.45, 2.75) is 24.7 Å². The molecular weight excluding hydrogens is 321 g/mol. The summed E-state index contributed by atoms with van der Waals surface area (Å²) in [5.41, 5.74) is 0.284. The molecule has 0 saturated carbocycles. The number of phenols is 1. The summed E-state index contributed by atoms with van der Waals surface area (Å²) in [5.74, 6) is -1.69. The molecule has 0 bridgehead atoms. The third kappa shape index (κ3) is 4.06. The lowest BCUT2D eigenvalue weighted by Crippen LogP contribution is -2.48. The van der Waals surface area contributed by atoms with Crippen LogP contribution in [-0.4, -0.2) is 39.3 Å². The Hall–Kier alpha value is -1.90. The van der Waals surface area contributed by atoms with Crippen molar-refractivity contribution in [3.05, 3.63) is 29.8 Å². The molecule has 0 unspecified atom stereocenters. The molecule has 0 aromatic heterocycles. The van der Waals surface area contributed by atoms with Gasteiger partial charge in [-0.3, -0.25) is 9.79 Å². The molecule has 1 aromatic carbocycles. The average Bonchev–Trinajstić information content (AvgIpc) is 2.44. The number of nitrogens with one attached hydrogen (secondary N) is 1. The lowest BCUT2D eigenvalue weighted by molar-refractivity contribution is -0.155. The molecule has 0 fully saturated rings. The monoisotopic (exact) mass is 334 g/mol. The van der Waals surface area contributed by atoms with Crippen molar-refractivity contribution < 1.29 is 28.2 Å². The van der Waals surface area contributed by atoms with Gasteiger partial charge >= 0.3 is 12.1 Å². The summed E-state index contributed by atoms with van der Waals surface area (Å²) < 4.78 is 39.0. The van der Waals surface area contributed by atoms with E-state index in [2.05, 4.69) is 10.3 Å². The fourth-order valence-electron chi connectivity index (χ4n) is 2.05. The Morgan fingerprint density at radius 2 is 2.09 bits per heavy atom. The van der Waals surface area contributed by atoms with Crippen LogP contribution in [0.5, 0.6) is 5.75 Å². The molecular formula is C13H13F3N2O3S. The van der Waals surface area contributed by atoms with Crippen molar-refractivity contribution >= 4 is 22.9 Å². The summed E-state index contributed by atoms with van der Waals surface area (Å²) in [7, 11) is 0. The molecule has 1 aliphatic heterocycles. The minimum Gasteiger partial charge on any atom is -0.508 e. The van der Waals surface area contributed by atoms with Gasteiger partial charge in [0.25, 0.3) is 0 Å². The number of para-hydroxylation sites is 1. The molecule has 1 aromatic rings. The topological polar surface area (TPSA) is 81.9 Å². The molecule has 0 saturated heterocycles. The van der Waals surface area contributed by atoms with Gasteiger partial charge in [0.2, 0.25) is 0 Å². The number of thioether (sulfide) groups is 1. The van der Waals surface area contributed by atoms with Crippen molar-refractivity contribution in [2.75, 3.05) is 5.75 Å². The number of carboxylic acid groups (broad SMARTS) is 1. The molecule has 120 valence electrons. The zero-order valence-electron chi connectivity index (χ0n) is 11.2. The number of hydrogen-bond acceptors (Lipinski definition) is 5. The molecule has 2 atom stereocenters. The van der Waals surface area contributed by atoms with Gasteiger partial charge in [-0.25, -0.2) is 0 Å². The minimum atomic E-state index is -4.49. The molecule has 1 aliphatic rings. The second kappa shape index (κ2) is 6.47. The first-order chi connectivity index (χ1) is 10.3. The quantitative estimate of drug-likeness (QED) is 0.791. The summed E-state index contributed by atoms with van der Waals surface area (Å²) in [6, 6.07) is 3.31. The lowest BCUT2D eigenvalue weighted by Gasteiger charge is -2.31. The summed E-state index contributed by atoms with van der Waals surface area (Å²) in [4.78, 5) is 14.7. The van der Waals surface area contributed by atoms with Crippen molar-refractivity contribution in [3.63, 3.8) is 0 Å². The Balaban J connectivity index is 2.28. The zero-order chi connectivity index (χ0) is 16.3. The van der Waals surface area contributed by atoms with Gasteiger partial charge in [0.05, 0.1) is 11.8 Å². The standard InChI is InChI=1S/C13H13F3N2O3S/c14-13(15,16)10-5-8(7-3-1-2-4-9(7)19)17-12(18-10)22-6-11(20)21/h1-4,8,10,19H,5-6H2,(H,17,18)(H,20,21)/t8-,10-/m0/s1. The van der Waals surface area contributed by atoms with Crippen LogP contribution in [0.3, 0.4) is 0 Å². The maximum absolute atomic E-state index is 13.0. The van der Waals surface area contributed by atoms with Gasteiger partial charge in [-0.1, -0.05) is 30.0 Å². The normalized spacial score (nSPS) is 21.9. The molecule has 1 heterocycles. The number of halogens is 3. The van der Waals surface area contributed by atoms with E-state index in [1.807, 2.05) is 0 Å². The van der Waals surface area contributed by atoms with Gasteiger partial charge in [0, 0.05) is 12.0 Å². The Labute approximate surface area is 128 Å². The number of aromatic hydroxyl groups is 1. The van der Waals surface area contributed by atoms with Crippen molar-refractivity contribution in [2.24, 2.45) is 4.99 Å².